The summed E-state index contributed by atoms with van der Waals surface area (Å²) in [4.78, 5) is 7.19. The van der Waals surface area contributed by atoms with Gasteiger partial charge in [0, 0.05) is 25.2 Å². The number of nitrogens with zero attached hydrogens (tertiary/aromatic N) is 3. The SMILES string of the molecule is CC1CCN(/C(=N\c2ccc(OCc3ccccc3C#N)cc2)NCCCN)CC1. The van der Waals surface area contributed by atoms with Crippen LogP contribution in [0.2, 0.25) is 0 Å². The molecule has 0 unspecified atom stereocenters. The van der Waals surface area contributed by atoms with Gasteiger partial charge >= 0.3 is 0 Å². The number of hydrogen-bond donors (Lipinski definition) is 2. The quantitative estimate of drug-likeness (QED) is 0.416. The first kappa shape index (κ1) is 21.7. The highest BCUT2D eigenvalue weighted by Crippen LogP contribution is 2.22. The zero-order valence-corrected chi connectivity index (χ0v) is 17.7. The van der Waals surface area contributed by atoms with E-state index in [1.54, 1.807) is 6.07 Å². The van der Waals surface area contributed by atoms with E-state index in [1.807, 2.05) is 42.5 Å². The van der Waals surface area contributed by atoms with Crippen LogP contribution < -0.4 is 15.8 Å². The molecule has 0 amide bonds. The zero-order valence-electron chi connectivity index (χ0n) is 17.7. The average Bonchev–Trinajstić information content (AvgIpc) is 2.79. The van der Waals surface area contributed by atoms with Crippen molar-refractivity contribution in [2.75, 3.05) is 26.2 Å². The van der Waals surface area contributed by atoms with Gasteiger partial charge < -0.3 is 20.7 Å². The van der Waals surface area contributed by atoms with Crippen LogP contribution in [0.4, 0.5) is 5.69 Å². The standard InChI is InChI=1S/C24H31N5O/c1-19-11-15-29(16-12-19)24(27-14-4-13-25)28-22-7-9-23(10-8-22)30-18-21-6-3-2-5-20(21)17-26/h2-3,5-10,19H,4,11-16,18,25H2,1H3,(H,27,28). The van der Waals surface area contributed by atoms with Gasteiger partial charge in [-0.25, -0.2) is 4.99 Å². The summed E-state index contributed by atoms with van der Waals surface area (Å²) in [5.74, 6) is 2.45. The van der Waals surface area contributed by atoms with Gasteiger partial charge in [0.05, 0.1) is 17.3 Å². The Morgan fingerprint density at radius 2 is 1.93 bits per heavy atom. The van der Waals surface area contributed by atoms with Crippen molar-refractivity contribution in [3.8, 4) is 11.8 Å². The summed E-state index contributed by atoms with van der Waals surface area (Å²) < 4.78 is 5.86. The molecule has 0 bridgehead atoms. The predicted octanol–water partition coefficient (Wildman–Crippen LogP) is 3.80. The Morgan fingerprint density at radius 1 is 1.20 bits per heavy atom. The van der Waals surface area contributed by atoms with Gasteiger partial charge in [-0.2, -0.15) is 5.26 Å². The van der Waals surface area contributed by atoms with Crippen molar-refractivity contribution in [1.82, 2.24) is 10.2 Å². The van der Waals surface area contributed by atoms with E-state index in [9.17, 15) is 5.26 Å². The summed E-state index contributed by atoms with van der Waals surface area (Å²) in [5.41, 5.74) is 8.05. The lowest BCUT2D eigenvalue weighted by molar-refractivity contribution is 0.274. The Hall–Kier alpha value is -3.04. The first-order chi connectivity index (χ1) is 14.7. The lowest BCUT2D eigenvalue weighted by Gasteiger charge is -2.33. The topological polar surface area (TPSA) is 86.7 Å². The molecule has 1 heterocycles. The number of rotatable bonds is 7. The minimum atomic E-state index is 0.365. The van der Waals surface area contributed by atoms with Crippen molar-refractivity contribution in [2.24, 2.45) is 16.6 Å². The van der Waals surface area contributed by atoms with Gasteiger partial charge in [0.1, 0.15) is 12.4 Å². The number of aliphatic imine (C=N–C) groups is 1. The summed E-state index contributed by atoms with van der Waals surface area (Å²) in [6, 6.07) is 17.5. The predicted molar refractivity (Wildman–Crippen MR) is 121 cm³/mol. The van der Waals surface area contributed by atoms with Crippen LogP contribution in [-0.2, 0) is 6.61 Å². The lowest BCUT2D eigenvalue weighted by atomic mass is 9.99. The zero-order chi connectivity index (χ0) is 21.2. The van der Waals surface area contributed by atoms with Gasteiger partial charge in [-0.3, -0.25) is 0 Å². The van der Waals surface area contributed by atoms with E-state index in [2.05, 4.69) is 23.2 Å². The molecule has 0 radical (unpaired) electrons. The van der Waals surface area contributed by atoms with Crippen molar-refractivity contribution in [3.05, 3.63) is 59.7 Å². The number of benzene rings is 2. The third-order valence-corrected chi connectivity index (χ3v) is 5.35. The maximum atomic E-state index is 9.20. The molecule has 0 spiro atoms. The molecule has 0 aliphatic carbocycles. The molecule has 2 aromatic carbocycles. The van der Waals surface area contributed by atoms with Crippen LogP contribution in [0.1, 0.15) is 37.3 Å². The molecule has 0 aromatic heterocycles. The number of hydrogen-bond acceptors (Lipinski definition) is 4. The number of likely N-dealkylation sites (tertiary alicyclic amines) is 1. The summed E-state index contributed by atoms with van der Waals surface area (Å²) in [5, 5.41) is 12.7. The van der Waals surface area contributed by atoms with E-state index in [4.69, 9.17) is 15.5 Å². The molecule has 158 valence electrons. The third kappa shape index (κ3) is 6.23. The molecule has 1 fully saturated rings. The number of guanidine groups is 1. The van der Waals surface area contributed by atoms with Gasteiger partial charge in [0.25, 0.3) is 0 Å². The molecule has 30 heavy (non-hydrogen) atoms. The fourth-order valence-corrected chi connectivity index (χ4v) is 3.40. The van der Waals surface area contributed by atoms with E-state index in [-0.39, 0.29) is 0 Å². The van der Waals surface area contributed by atoms with Crippen LogP contribution in [0.25, 0.3) is 0 Å². The van der Waals surface area contributed by atoms with Gasteiger partial charge in [0.2, 0.25) is 0 Å². The molecule has 6 heteroatoms. The molecule has 3 N–H and O–H groups in total. The molecule has 1 saturated heterocycles. The van der Waals surface area contributed by atoms with Crippen molar-refractivity contribution in [1.29, 1.82) is 5.26 Å². The number of nitriles is 1. The minimum Gasteiger partial charge on any atom is -0.489 e. The third-order valence-electron chi connectivity index (χ3n) is 5.35. The molecule has 6 nitrogen and oxygen atoms in total. The average molecular weight is 406 g/mol. The fourth-order valence-electron chi connectivity index (χ4n) is 3.40. The van der Waals surface area contributed by atoms with Crippen molar-refractivity contribution >= 4 is 11.6 Å². The molecule has 2 aromatic rings. The van der Waals surface area contributed by atoms with Crippen LogP contribution >= 0.6 is 0 Å². The van der Waals surface area contributed by atoms with Gasteiger partial charge in [-0.1, -0.05) is 25.1 Å². The summed E-state index contributed by atoms with van der Waals surface area (Å²) in [7, 11) is 0. The summed E-state index contributed by atoms with van der Waals surface area (Å²) in [6.07, 6.45) is 3.29. The van der Waals surface area contributed by atoms with Crippen LogP contribution in [0.5, 0.6) is 5.75 Å². The van der Waals surface area contributed by atoms with Crippen LogP contribution in [0, 0.1) is 17.2 Å². The molecule has 3 rings (SSSR count). The maximum absolute atomic E-state index is 9.20. The van der Waals surface area contributed by atoms with Crippen LogP contribution in [0.3, 0.4) is 0 Å². The van der Waals surface area contributed by atoms with Crippen LogP contribution in [0.15, 0.2) is 53.5 Å². The molecule has 1 aliphatic heterocycles. The Morgan fingerprint density at radius 3 is 2.63 bits per heavy atom. The van der Waals surface area contributed by atoms with E-state index in [0.29, 0.717) is 18.7 Å². The Balaban J connectivity index is 1.65. The van der Waals surface area contributed by atoms with Crippen LogP contribution in [-0.4, -0.2) is 37.0 Å². The second-order valence-corrected chi connectivity index (χ2v) is 7.73. The summed E-state index contributed by atoms with van der Waals surface area (Å²) in [6.45, 7) is 6.21. The van der Waals surface area contributed by atoms with Crippen molar-refractivity contribution in [2.45, 2.75) is 32.8 Å². The molecule has 0 saturated carbocycles. The summed E-state index contributed by atoms with van der Waals surface area (Å²) >= 11 is 0. The largest absolute Gasteiger partial charge is 0.489 e. The molecular weight excluding hydrogens is 374 g/mol. The van der Waals surface area contributed by atoms with Gasteiger partial charge in [0.15, 0.2) is 5.96 Å². The van der Waals surface area contributed by atoms with E-state index >= 15 is 0 Å². The Labute approximate surface area is 179 Å². The number of nitrogens with one attached hydrogen (secondary N) is 1. The number of nitrogens with two attached hydrogens (primary N) is 1. The Kier molecular flexibility index (Phi) is 8.10. The highest BCUT2D eigenvalue weighted by molar-refractivity contribution is 5.83. The monoisotopic (exact) mass is 405 g/mol. The number of ether oxygens (including phenoxy) is 1. The first-order valence-electron chi connectivity index (χ1n) is 10.7. The number of piperidine rings is 1. The minimum absolute atomic E-state index is 0.365. The first-order valence-corrected chi connectivity index (χ1v) is 10.7. The van der Waals surface area contributed by atoms with E-state index in [1.165, 1.54) is 12.8 Å². The molecule has 0 atom stereocenters. The molecular formula is C24H31N5O. The maximum Gasteiger partial charge on any atom is 0.199 e. The second-order valence-electron chi connectivity index (χ2n) is 7.73. The molecule has 1 aliphatic rings. The fraction of sp³-hybridized carbons (Fsp3) is 0.417. The Bertz CT molecular complexity index is 864. The lowest BCUT2D eigenvalue weighted by Crippen LogP contribution is -2.45. The van der Waals surface area contributed by atoms with E-state index < -0.39 is 0 Å². The normalized spacial score (nSPS) is 15.0. The van der Waals surface area contributed by atoms with E-state index in [0.717, 1.165) is 54.9 Å². The van der Waals surface area contributed by atoms with Gasteiger partial charge in [-0.05, 0) is 62.1 Å². The highest BCUT2D eigenvalue weighted by Gasteiger charge is 2.18. The smallest absolute Gasteiger partial charge is 0.199 e. The highest BCUT2D eigenvalue weighted by atomic mass is 16.5. The van der Waals surface area contributed by atoms with Crippen molar-refractivity contribution in [3.63, 3.8) is 0 Å². The second kappa shape index (κ2) is 11.2. The van der Waals surface area contributed by atoms with Crippen molar-refractivity contribution < 1.29 is 4.74 Å². The van der Waals surface area contributed by atoms with Gasteiger partial charge in [-0.15, -0.1) is 0 Å².